The summed E-state index contributed by atoms with van der Waals surface area (Å²) >= 11 is 1.54. The van der Waals surface area contributed by atoms with E-state index in [1.165, 1.54) is 0 Å². The number of fused-ring (bicyclic) bond motifs is 1. The number of aromatic hydroxyl groups is 2. The van der Waals surface area contributed by atoms with Crippen LogP contribution in [0.2, 0.25) is 0 Å². The van der Waals surface area contributed by atoms with Crippen molar-refractivity contribution >= 4 is 33.7 Å². The highest BCUT2D eigenvalue weighted by molar-refractivity contribution is 7.22. The van der Waals surface area contributed by atoms with E-state index in [2.05, 4.69) is 11.1 Å². The second-order valence-corrected chi connectivity index (χ2v) is 8.22. The number of nitrogens with zero attached hydrogens (tertiary/aromatic N) is 1. The normalized spacial score (nSPS) is 13.2. The molecule has 0 bridgehead atoms. The maximum absolute atomic E-state index is 9.90. The lowest BCUT2D eigenvalue weighted by atomic mass is 10.1. The SMILES string of the molecule is Oc1ccc(-c2sc3cc(O)ccc3c2Oc2ccc(/C=C/C3=CCC=N3)cc2)cc1. The smallest absolute Gasteiger partial charge is 0.153 e. The average molecular weight is 426 g/mol. The number of rotatable bonds is 5. The number of hydrogen-bond acceptors (Lipinski definition) is 5. The highest BCUT2D eigenvalue weighted by Crippen LogP contribution is 2.47. The first-order valence-electron chi connectivity index (χ1n) is 9.89. The molecule has 1 aromatic heterocycles. The van der Waals surface area contributed by atoms with Gasteiger partial charge in [-0.3, -0.25) is 4.99 Å². The molecule has 2 heterocycles. The fourth-order valence-corrected chi connectivity index (χ4v) is 4.58. The summed E-state index contributed by atoms with van der Waals surface area (Å²) in [6.45, 7) is 0. The minimum absolute atomic E-state index is 0.215. The highest BCUT2D eigenvalue weighted by Gasteiger charge is 2.17. The molecule has 4 nitrogen and oxygen atoms in total. The van der Waals surface area contributed by atoms with E-state index in [0.29, 0.717) is 0 Å². The fourth-order valence-electron chi connectivity index (χ4n) is 3.41. The summed E-state index contributed by atoms with van der Waals surface area (Å²) in [4.78, 5) is 5.23. The van der Waals surface area contributed by atoms with Crippen LogP contribution in [0, 0.1) is 0 Å². The first-order chi connectivity index (χ1) is 15.2. The van der Waals surface area contributed by atoms with Crippen molar-refractivity contribution in [2.45, 2.75) is 6.42 Å². The van der Waals surface area contributed by atoms with Gasteiger partial charge in [0.05, 0.1) is 10.6 Å². The molecule has 152 valence electrons. The molecule has 0 amide bonds. The minimum Gasteiger partial charge on any atom is -0.508 e. The van der Waals surface area contributed by atoms with E-state index < -0.39 is 0 Å². The van der Waals surface area contributed by atoms with Crippen LogP contribution >= 0.6 is 11.3 Å². The van der Waals surface area contributed by atoms with E-state index in [0.717, 1.165) is 49.7 Å². The van der Waals surface area contributed by atoms with Gasteiger partial charge in [0.2, 0.25) is 0 Å². The van der Waals surface area contributed by atoms with Crippen LogP contribution in [0.3, 0.4) is 0 Å². The van der Waals surface area contributed by atoms with Crippen molar-refractivity contribution in [2.24, 2.45) is 4.99 Å². The van der Waals surface area contributed by atoms with Crippen LogP contribution in [0.1, 0.15) is 12.0 Å². The van der Waals surface area contributed by atoms with Gasteiger partial charge >= 0.3 is 0 Å². The summed E-state index contributed by atoms with van der Waals surface area (Å²) in [5.74, 6) is 1.89. The number of phenols is 2. The second-order valence-electron chi connectivity index (χ2n) is 7.17. The Morgan fingerprint density at radius 3 is 2.39 bits per heavy atom. The summed E-state index contributed by atoms with van der Waals surface area (Å²) < 4.78 is 7.26. The topological polar surface area (TPSA) is 62.0 Å². The maximum Gasteiger partial charge on any atom is 0.153 e. The first-order valence-corrected chi connectivity index (χ1v) is 10.7. The molecule has 0 saturated heterocycles. The van der Waals surface area contributed by atoms with Gasteiger partial charge in [0.25, 0.3) is 0 Å². The molecule has 3 aromatic carbocycles. The number of phenolic OH excluding ortho intramolecular Hbond substituents is 2. The third-order valence-corrected chi connectivity index (χ3v) is 6.16. The van der Waals surface area contributed by atoms with Crippen molar-refractivity contribution < 1.29 is 14.9 Å². The van der Waals surface area contributed by atoms with E-state index in [-0.39, 0.29) is 11.5 Å². The number of aliphatic imine (C=N–C) groups is 1. The van der Waals surface area contributed by atoms with E-state index in [1.54, 1.807) is 35.6 Å². The van der Waals surface area contributed by atoms with Gasteiger partial charge in [0, 0.05) is 22.7 Å². The third-order valence-electron chi connectivity index (χ3n) is 4.98. The number of benzene rings is 3. The van der Waals surface area contributed by atoms with Crippen molar-refractivity contribution in [2.75, 3.05) is 0 Å². The van der Waals surface area contributed by atoms with Crippen LogP contribution in [0.25, 0.3) is 26.6 Å². The average Bonchev–Trinajstić information content (AvgIpc) is 3.42. The standard InChI is InChI=1S/C26H19NO3S/c28-20-9-6-18(7-10-20)26-25(23-14-11-21(29)16-24(23)31-26)30-22-12-4-17(5-13-22)3-8-19-2-1-15-27-19/h2-16,28-29H,1H2/b8-3+. The third kappa shape index (κ3) is 4.09. The quantitative estimate of drug-likeness (QED) is 0.357. The zero-order chi connectivity index (χ0) is 21.2. The monoisotopic (exact) mass is 425 g/mol. The second kappa shape index (κ2) is 8.13. The van der Waals surface area contributed by atoms with Crippen LogP contribution in [-0.2, 0) is 0 Å². The molecule has 0 spiro atoms. The predicted octanol–water partition coefficient (Wildman–Crippen LogP) is 7.14. The number of ether oxygens (including phenoxy) is 1. The van der Waals surface area contributed by atoms with Crippen molar-refractivity contribution in [1.82, 2.24) is 0 Å². The van der Waals surface area contributed by atoms with Crippen LogP contribution < -0.4 is 4.74 Å². The van der Waals surface area contributed by atoms with Gasteiger partial charge in [-0.25, -0.2) is 0 Å². The zero-order valence-corrected chi connectivity index (χ0v) is 17.3. The van der Waals surface area contributed by atoms with Crippen LogP contribution in [0.5, 0.6) is 23.0 Å². The summed E-state index contributed by atoms with van der Waals surface area (Å²) in [5.41, 5.74) is 2.99. The van der Waals surface area contributed by atoms with Gasteiger partial charge < -0.3 is 14.9 Å². The molecule has 4 aromatic rings. The lowest BCUT2D eigenvalue weighted by molar-refractivity contribution is 0.475. The molecule has 31 heavy (non-hydrogen) atoms. The largest absolute Gasteiger partial charge is 0.508 e. The molecule has 0 radical (unpaired) electrons. The number of allylic oxidation sites excluding steroid dienone is 2. The van der Waals surface area contributed by atoms with Crippen molar-refractivity contribution in [1.29, 1.82) is 0 Å². The van der Waals surface area contributed by atoms with Gasteiger partial charge in [-0.05, 0) is 71.8 Å². The van der Waals surface area contributed by atoms with E-state index in [1.807, 2.05) is 60.8 Å². The Kier molecular flexibility index (Phi) is 5.02. The molecule has 0 fully saturated rings. The van der Waals surface area contributed by atoms with Gasteiger partial charge in [-0.1, -0.05) is 24.3 Å². The van der Waals surface area contributed by atoms with Crippen LogP contribution in [0.4, 0.5) is 0 Å². The molecule has 5 rings (SSSR count). The Balaban J connectivity index is 1.48. The van der Waals surface area contributed by atoms with Crippen molar-refractivity contribution in [3.63, 3.8) is 0 Å². The lowest BCUT2D eigenvalue weighted by Gasteiger charge is -2.09. The van der Waals surface area contributed by atoms with Crippen LogP contribution in [-0.4, -0.2) is 16.4 Å². The van der Waals surface area contributed by atoms with Crippen molar-refractivity contribution in [3.05, 3.63) is 90.1 Å². The predicted molar refractivity (Wildman–Crippen MR) is 127 cm³/mol. The number of thiophene rings is 1. The molecule has 0 saturated carbocycles. The zero-order valence-electron chi connectivity index (χ0n) is 16.5. The summed E-state index contributed by atoms with van der Waals surface area (Å²) in [6.07, 6.45) is 8.90. The molecule has 2 N–H and O–H groups in total. The Hall–Kier alpha value is -3.83. The van der Waals surface area contributed by atoms with Gasteiger partial charge in [0.1, 0.15) is 17.2 Å². The highest BCUT2D eigenvalue weighted by atomic mass is 32.1. The van der Waals surface area contributed by atoms with E-state index in [4.69, 9.17) is 4.74 Å². The molecule has 1 aliphatic rings. The summed E-state index contributed by atoms with van der Waals surface area (Å²) in [5, 5.41) is 20.5. The molecule has 0 aliphatic carbocycles. The van der Waals surface area contributed by atoms with E-state index in [9.17, 15) is 10.2 Å². The fraction of sp³-hybridized carbons (Fsp3) is 0.0385. The van der Waals surface area contributed by atoms with Crippen LogP contribution in [0.15, 0.2) is 89.6 Å². The first kappa shape index (κ1) is 19.2. The molecular formula is C26H19NO3S. The van der Waals surface area contributed by atoms with Gasteiger partial charge in [0.15, 0.2) is 5.75 Å². The minimum atomic E-state index is 0.215. The number of hydrogen-bond donors (Lipinski definition) is 2. The lowest BCUT2D eigenvalue weighted by Crippen LogP contribution is -1.86. The van der Waals surface area contributed by atoms with Gasteiger partial charge in [-0.2, -0.15) is 0 Å². The Labute approximate surface area is 183 Å². The molecular weight excluding hydrogens is 406 g/mol. The summed E-state index contributed by atoms with van der Waals surface area (Å²) in [6, 6.07) is 20.2. The van der Waals surface area contributed by atoms with E-state index >= 15 is 0 Å². The Morgan fingerprint density at radius 1 is 0.871 bits per heavy atom. The molecule has 0 unspecified atom stereocenters. The Bertz CT molecular complexity index is 1330. The Morgan fingerprint density at radius 2 is 1.65 bits per heavy atom. The molecule has 5 heteroatoms. The summed E-state index contributed by atoms with van der Waals surface area (Å²) in [7, 11) is 0. The molecule has 0 atom stereocenters. The van der Waals surface area contributed by atoms with Gasteiger partial charge in [-0.15, -0.1) is 11.3 Å². The van der Waals surface area contributed by atoms with Crippen molar-refractivity contribution in [3.8, 4) is 33.4 Å². The molecule has 1 aliphatic heterocycles. The maximum atomic E-state index is 9.90.